The Hall–Kier alpha value is 0.880. The van der Waals surface area contributed by atoms with E-state index in [9.17, 15) is 17.6 Å². The lowest BCUT2D eigenvalue weighted by molar-refractivity contribution is 0.123. The van der Waals surface area contributed by atoms with Crippen molar-refractivity contribution in [3.63, 3.8) is 0 Å². The first kappa shape index (κ1) is 15.4. The van der Waals surface area contributed by atoms with Crippen molar-refractivity contribution < 1.29 is 17.6 Å². The SMILES string of the molecule is FC(Cl)C(F)Cl.FC(F)(Cl)CCl. The molecule has 0 rings (SSSR count). The normalized spacial score (nSPS) is 16.0. The van der Waals surface area contributed by atoms with E-state index in [0.29, 0.717) is 0 Å². The maximum atomic E-state index is 11.1. The van der Waals surface area contributed by atoms with Crippen LogP contribution in [0.3, 0.4) is 0 Å². The number of hydrogen-bond acceptors (Lipinski definition) is 0. The van der Waals surface area contributed by atoms with Crippen LogP contribution in [0, 0.1) is 0 Å². The molecule has 0 nitrogen and oxygen atoms in total. The number of hydrogen-bond donors (Lipinski definition) is 0. The average Bonchev–Trinajstić information content (AvgIpc) is 1.87. The van der Waals surface area contributed by atoms with Crippen molar-refractivity contribution in [1.29, 1.82) is 0 Å². The molecule has 0 spiro atoms. The highest BCUT2D eigenvalue weighted by Crippen LogP contribution is 2.19. The molecule has 0 radical (unpaired) electrons. The van der Waals surface area contributed by atoms with Crippen LogP contribution in [-0.4, -0.2) is 22.5 Å². The second kappa shape index (κ2) is 7.30. The van der Waals surface area contributed by atoms with Crippen LogP contribution < -0.4 is 0 Å². The molecule has 0 aliphatic carbocycles. The summed E-state index contributed by atoms with van der Waals surface area (Å²) in [5, 5.41) is -3.22. The topological polar surface area (TPSA) is 0 Å². The molecule has 0 aromatic rings. The lowest BCUT2D eigenvalue weighted by Gasteiger charge is -1.96. The lowest BCUT2D eigenvalue weighted by atomic mass is 10.8. The summed E-state index contributed by atoms with van der Waals surface area (Å²) in [7, 11) is 0. The van der Waals surface area contributed by atoms with Crippen molar-refractivity contribution in [1.82, 2.24) is 0 Å². The quantitative estimate of drug-likeness (QED) is 0.523. The smallest absolute Gasteiger partial charge is 0.225 e. The summed E-state index contributed by atoms with van der Waals surface area (Å²) in [6.45, 7) is 0. The fourth-order valence-corrected chi connectivity index (χ4v) is 0. The second-order valence-corrected chi connectivity index (χ2v) is 3.07. The summed E-state index contributed by atoms with van der Waals surface area (Å²) in [6, 6.07) is 0. The zero-order chi connectivity index (χ0) is 10.4. The molecular formula is C4H4Cl4F4. The Bertz CT molecular complexity index is 95.7. The largest absolute Gasteiger partial charge is 0.335 e. The maximum Gasteiger partial charge on any atom is 0.335 e. The zero-order valence-electron chi connectivity index (χ0n) is 5.39. The van der Waals surface area contributed by atoms with Gasteiger partial charge in [0.05, 0.1) is 0 Å². The maximum absolute atomic E-state index is 11.1. The minimum atomic E-state index is -3.22. The van der Waals surface area contributed by atoms with E-state index in [1.807, 2.05) is 0 Å². The molecule has 2 unspecified atom stereocenters. The first-order valence-electron chi connectivity index (χ1n) is 2.39. The molecule has 0 heterocycles. The molecule has 76 valence electrons. The summed E-state index contributed by atoms with van der Waals surface area (Å²) in [4.78, 5) is 0. The predicted molar refractivity (Wildman–Crippen MR) is 43.0 cm³/mol. The molecule has 0 aromatic carbocycles. The van der Waals surface area contributed by atoms with Gasteiger partial charge in [-0.2, -0.15) is 8.78 Å². The molecule has 0 saturated heterocycles. The van der Waals surface area contributed by atoms with Gasteiger partial charge in [-0.15, -0.1) is 11.6 Å². The van der Waals surface area contributed by atoms with Gasteiger partial charge in [-0.1, -0.05) is 23.2 Å². The van der Waals surface area contributed by atoms with Gasteiger partial charge >= 0.3 is 5.38 Å². The number of halogens is 8. The van der Waals surface area contributed by atoms with Gasteiger partial charge < -0.3 is 0 Å². The van der Waals surface area contributed by atoms with E-state index >= 15 is 0 Å². The minimum Gasteiger partial charge on any atom is -0.225 e. The second-order valence-electron chi connectivity index (χ2n) is 1.42. The van der Waals surface area contributed by atoms with Crippen LogP contribution in [0.15, 0.2) is 0 Å². The van der Waals surface area contributed by atoms with E-state index in [0.717, 1.165) is 0 Å². The van der Waals surface area contributed by atoms with Crippen LogP contribution >= 0.6 is 46.4 Å². The summed E-state index contributed by atoms with van der Waals surface area (Å²) < 4.78 is 44.3. The number of alkyl halides is 8. The Balaban J connectivity index is 0. The van der Waals surface area contributed by atoms with Crippen LogP contribution in [0.5, 0.6) is 0 Å². The Kier molecular flexibility index (Phi) is 9.34. The van der Waals surface area contributed by atoms with E-state index in [4.69, 9.17) is 0 Å². The van der Waals surface area contributed by atoms with Gasteiger partial charge in [0.1, 0.15) is 5.88 Å². The summed E-state index contributed by atoms with van der Waals surface area (Å²) >= 11 is 17.7. The van der Waals surface area contributed by atoms with Crippen molar-refractivity contribution in [2.75, 3.05) is 5.88 Å². The van der Waals surface area contributed by atoms with E-state index < -0.39 is 22.5 Å². The third-order valence-electron chi connectivity index (χ3n) is 0.342. The standard InChI is InChI=1S/2C2H2Cl2F2/c3-1-2(4,5)6;3-1(5)2(4)6/h1H2;1-2H. The van der Waals surface area contributed by atoms with E-state index in [1.54, 1.807) is 0 Å². The van der Waals surface area contributed by atoms with Gasteiger partial charge in [-0.25, -0.2) is 8.78 Å². The van der Waals surface area contributed by atoms with Crippen LogP contribution in [0.1, 0.15) is 0 Å². The van der Waals surface area contributed by atoms with Crippen LogP contribution in [0.2, 0.25) is 0 Å². The highest BCUT2D eigenvalue weighted by Gasteiger charge is 2.21. The monoisotopic (exact) mass is 268 g/mol. The molecule has 12 heavy (non-hydrogen) atoms. The van der Waals surface area contributed by atoms with E-state index in [1.165, 1.54) is 0 Å². The zero-order valence-corrected chi connectivity index (χ0v) is 8.41. The third kappa shape index (κ3) is 17.1. The first-order valence-corrected chi connectivity index (χ1v) is 4.18. The molecule has 0 aliphatic heterocycles. The molecule has 0 bridgehead atoms. The minimum absolute atomic E-state index is 0.825. The van der Waals surface area contributed by atoms with Crippen molar-refractivity contribution >= 4 is 46.4 Å². The fraction of sp³-hybridized carbons (Fsp3) is 1.00. The van der Waals surface area contributed by atoms with Crippen molar-refractivity contribution in [3.05, 3.63) is 0 Å². The Morgan fingerprint density at radius 3 is 1.25 bits per heavy atom. The van der Waals surface area contributed by atoms with Crippen molar-refractivity contribution in [2.45, 2.75) is 16.6 Å². The lowest BCUT2D eigenvalue weighted by Crippen LogP contribution is -2.05. The molecule has 0 N–H and O–H groups in total. The Morgan fingerprint density at radius 1 is 1.08 bits per heavy atom. The molecule has 0 fully saturated rings. The summed E-state index contributed by atoms with van der Waals surface area (Å²) in [5.74, 6) is -0.825. The summed E-state index contributed by atoms with van der Waals surface area (Å²) in [6.07, 6.45) is 0. The van der Waals surface area contributed by atoms with Gasteiger partial charge in [0, 0.05) is 0 Å². The van der Waals surface area contributed by atoms with Crippen LogP contribution in [0.4, 0.5) is 17.6 Å². The molecule has 0 amide bonds. The van der Waals surface area contributed by atoms with Crippen LogP contribution in [0.25, 0.3) is 0 Å². The fourth-order valence-electron chi connectivity index (χ4n) is 0. The number of rotatable bonds is 2. The van der Waals surface area contributed by atoms with Gasteiger partial charge in [0.2, 0.25) is 11.3 Å². The van der Waals surface area contributed by atoms with Gasteiger partial charge in [-0.05, 0) is 11.6 Å². The van der Waals surface area contributed by atoms with E-state index in [-0.39, 0.29) is 0 Å². The molecule has 0 aromatic heterocycles. The third-order valence-corrected chi connectivity index (χ3v) is 1.52. The average molecular weight is 270 g/mol. The predicted octanol–water partition coefficient (Wildman–Crippen LogP) is 4.11. The molecular weight excluding hydrogens is 266 g/mol. The van der Waals surface area contributed by atoms with Crippen molar-refractivity contribution in [2.24, 2.45) is 0 Å². The van der Waals surface area contributed by atoms with Gasteiger partial charge in [0.15, 0.2) is 0 Å². The molecule has 8 heteroatoms. The van der Waals surface area contributed by atoms with Crippen LogP contribution in [-0.2, 0) is 0 Å². The summed E-state index contributed by atoms with van der Waals surface area (Å²) in [5.41, 5.74) is -4.15. The van der Waals surface area contributed by atoms with Crippen molar-refractivity contribution in [3.8, 4) is 0 Å². The highest BCUT2D eigenvalue weighted by atomic mass is 35.5. The Labute approximate surface area is 86.7 Å². The van der Waals surface area contributed by atoms with Gasteiger partial charge in [-0.3, -0.25) is 0 Å². The Morgan fingerprint density at radius 2 is 1.25 bits per heavy atom. The highest BCUT2D eigenvalue weighted by molar-refractivity contribution is 6.29. The molecule has 0 aliphatic rings. The molecule has 0 saturated carbocycles. The van der Waals surface area contributed by atoms with Gasteiger partial charge in [0.25, 0.3) is 0 Å². The van der Waals surface area contributed by atoms with E-state index in [2.05, 4.69) is 46.4 Å². The molecule has 2 atom stereocenters. The first-order chi connectivity index (χ1) is 5.20.